The highest BCUT2D eigenvalue weighted by Crippen LogP contribution is 2.25. The van der Waals surface area contributed by atoms with Crippen molar-refractivity contribution in [2.45, 2.75) is 26.4 Å². The number of nitriles is 1. The van der Waals surface area contributed by atoms with Crippen LogP contribution in [0.2, 0.25) is 5.02 Å². The molecule has 0 aliphatic rings. The van der Waals surface area contributed by atoms with Crippen LogP contribution in [0.5, 0.6) is 0 Å². The summed E-state index contributed by atoms with van der Waals surface area (Å²) in [6.07, 6.45) is -0.812. The van der Waals surface area contributed by atoms with E-state index < -0.39 is 17.5 Å². The molecule has 0 heterocycles. The van der Waals surface area contributed by atoms with E-state index in [1.807, 2.05) is 6.07 Å². The van der Waals surface area contributed by atoms with Gasteiger partial charge in [0.05, 0.1) is 22.3 Å². The highest BCUT2D eigenvalue weighted by molar-refractivity contribution is 6.31. The molecule has 0 fully saturated rings. The van der Waals surface area contributed by atoms with Gasteiger partial charge in [0.15, 0.2) is 5.82 Å². The number of nitrogens with zero attached hydrogens (tertiary/aromatic N) is 1. The highest BCUT2D eigenvalue weighted by atomic mass is 35.5. The molecule has 1 aromatic carbocycles. The summed E-state index contributed by atoms with van der Waals surface area (Å²) in [5, 5.41) is 10.7. The van der Waals surface area contributed by atoms with Crippen LogP contribution in [0.25, 0.3) is 0 Å². The van der Waals surface area contributed by atoms with Gasteiger partial charge in [0.1, 0.15) is 5.60 Å². The van der Waals surface area contributed by atoms with Crippen LogP contribution in [-0.4, -0.2) is 11.7 Å². The van der Waals surface area contributed by atoms with E-state index >= 15 is 0 Å². The van der Waals surface area contributed by atoms with Crippen molar-refractivity contribution in [2.75, 3.05) is 5.32 Å². The van der Waals surface area contributed by atoms with Crippen LogP contribution in [0.3, 0.4) is 0 Å². The SMILES string of the molecule is CC(C)(C)OC(=O)Nc1cc(C#N)cc(Cl)c1F. The molecule has 0 radical (unpaired) electrons. The Morgan fingerprint density at radius 3 is 2.61 bits per heavy atom. The molecule has 0 bridgehead atoms. The predicted octanol–water partition coefficient (Wildman–Crippen LogP) is 3.70. The first-order chi connectivity index (χ1) is 8.23. The van der Waals surface area contributed by atoms with E-state index in [-0.39, 0.29) is 16.3 Å². The molecule has 96 valence electrons. The lowest BCUT2D eigenvalue weighted by atomic mass is 10.2. The summed E-state index contributed by atoms with van der Waals surface area (Å²) in [5.74, 6) is -0.804. The van der Waals surface area contributed by atoms with Crippen LogP contribution in [0.4, 0.5) is 14.9 Å². The molecular weight excluding hydrogens is 259 g/mol. The van der Waals surface area contributed by atoms with Gasteiger partial charge in [-0.05, 0) is 32.9 Å². The zero-order valence-corrected chi connectivity index (χ0v) is 10.9. The van der Waals surface area contributed by atoms with Gasteiger partial charge < -0.3 is 4.74 Å². The van der Waals surface area contributed by atoms with Gasteiger partial charge in [-0.1, -0.05) is 11.6 Å². The lowest BCUT2D eigenvalue weighted by Crippen LogP contribution is -2.27. The molecule has 0 atom stereocenters. The minimum atomic E-state index is -0.812. The molecule has 0 aliphatic heterocycles. The normalized spacial score (nSPS) is 10.7. The molecule has 0 unspecified atom stereocenters. The third kappa shape index (κ3) is 3.90. The van der Waals surface area contributed by atoms with Crippen molar-refractivity contribution in [3.05, 3.63) is 28.5 Å². The van der Waals surface area contributed by atoms with Crippen LogP contribution >= 0.6 is 11.6 Å². The number of benzene rings is 1. The van der Waals surface area contributed by atoms with Crippen molar-refractivity contribution in [3.8, 4) is 6.07 Å². The van der Waals surface area contributed by atoms with E-state index in [9.17, 15) is 9.18 Å². The first kappa shape index (κ1) is 14.3. The van der Waals surface area contributed by atoms with Crippen molar-refractivity contribution >= 4 is 23.4 Å². The lowest BCUT2D eigenvalue weighted by Gasteiger charge is -2.19. The Hall–Kier alpha value is -1.80. The van der Waals surface area contributed by atoms with Gasteiger partial charge in [-0.2, -0.15) is 5.26 Å². The van der Waals surface area contributed by atoms with Crippen LogP contribution in [-0.2, 0) is 4.74 Å². The minimum absolute atomic E-state index is 0.146. The number of ether oxygens (including phenoxy) is 1. The smallest absolute Gasteiger partial charge is 0.412 e. The van der Waals surface area contributed by atoms with Crippen LogP contribution < -0.4 is 5.32 Å². The number of carbonyl (C=O) groups is 1. The highest BCUT2D eigenvalue weighted by Gasteiger charge is 2.18. The maximum Gasteiger partial charge on any atom is 0.412 e. The largest absolute Gasteiger partial charge is 0.444 e. The second-order valence-corrected chi connectivity index (χ2v) is 4.97. The zero-order valence-electron chi connectivity index (χ0n) is 10.2. The molecule has 0 aliphatic carbocycles. The van der Waals surface area contributed by atoms with E-state index in [4.69, 9.17) is 21.6 Å². The van der Waals surface area contributed by atoms with Crippen molar-refractivity contribution in [3.63, 3.8) is 0 Å². The number of anilines is 1. The molecule has 1 aromatic rings. The fraction of sp³-hybridized carbons (Fsp3) is 0.333. The molecule has 0 saturated carbocycles. The molecule has 1 rings (SSSR count). The van der Waals surface area contributed by atoms with Gasteiger partial charge in [-0.15, -0.1) is 0 Å². The fourth-order valence-electron chi connectivity index (χ4n) is 1.16. The Bertz CT molecular complexity index is 518. The Morgan fingerprint density at radius 2 is 2.11 bits per heavy atom. The number of nitrogens with one attached hydrogen (secondary N) is 1. The van der Waals surface area contributed by atoms with Gasteiger partial charge in [0.25, 0.3) is 0 Å². The Morgan fingerprint density at radius 1 is 1.50 bits per heavy atom. The summed E-state index contributed by atoms with van der Waals surface area (Å²) >= 11 is 5.60. The van der Waals surface area contributed by atoms with Gasteiger partial charge in [-0.25, -0.2) is 9.18 Å². The summed E-state index contributed by atoms with van der Waals surface area (Å²) in [6, 6.07) is 4.18. The Labute approximate surface area is 109 Å². The second-order valence-electron chi connectivity index (χ2n) is 4.56. The molecule has 6 heteroatoms. The standard InChI is InChI=1S/C12H12ClFN2O2/c1-12(2,3)18-11(17)16-9-5-7(6-15)4-8(13)10(9)14/h4-5H,1-3H3,(H,16,17). The summed E-state index contributed by atoms with van der Waals surface area (Å²) in [4.78, 5) is 11.5. The molecule has 1 amide bonds. The van der Waals surface area contributed by atoms with Crippen LogP contribution in [0.15, 0.2) is 12.1 Å². The van der Waals surface area contributed by atoms with E-state index in [0.717, 1.165) is 0 Å². The monoisotopic (exact) mass is 270 g/mol. The maximum atomic E-state index is 13.6. The van der Waals surface area contributed by atoms with Gasteiger partial charge >= 0.3 is 6.09 Å². The average molecular weight is 271 g/mol. The molecule has 18 heavy (non-hydrogen) atoms. The van der Waals surface area contributed by atoms with Crippen LogP contribution in [0, 0.1) is 17.1 Å². The maximum absolute atomic E-state index is 13.6. The third-order valence-electron chi connectivity index (χ3n) is 1.79. The van der Waals surface area contributed by atoms with E-state index in [1.165, 1.54) is 12.1 Å². The van der Waals surface area contributed by atoms with E-state index in [2.05, 4.69) is 5.32 Å². The number of hydrogen-bond donors (Lipinski definition) is 1. The molecular formula is C12H12ClFN2O2. The Balaban J connectivity index is 2.95. The number of amides is 1. The minimum Gasteiger partial charge on any atom is -0.444 e. The van der Waals surface area contributed by atoms with Gasteiger partial charge in [-0.3, -0.25) is 5.32 Å². The molecule has 0 spiro atoms. The number of rotatable bonds is 1. The van der Waals surface area contributed by atoms with Crippen molar-refractivity contribution in [1.29, 1.82) is 5.26 Å². The Kier molecular flexibility index (Phi) is 4.15. The zero-order chi connectivity index (χ0) is 13.9. The summed E-state index contributed by atoms with van der Waals surface area (Å²) in [7, 11) is 0. The van der Waals surface area contributed by atoms with Crippen molar-refractivity contribution < 1.29 is 13.9 Å². The lowest BCUT2D eigenvalue weighted by molar-refractivity contribution is 0.0635. The van der Waals surface area contributed by atoms with Gasteiger partial charge in [0, 0.05) is 0 Å². The van der Waals surface area contributed by atoms with Gasteiger partial charge in [0.2, 0.25) is 0 Å². The number of halogens is 2. The molecule has 0 aromatic heterocycles. The van der Waals surface area contributed by atoms with E-state index in [0.29, 0.717) is 0 Å². The topological polar surface area (TPSA) is 62.1 Å². The average Bonchev–Trinajstić information content (AvgIpc) is 2.21. The first-order valence-corrected chi connectivity index (χ1v) is 5.50. The first-order valence-electron chi connectivity index (χ1n) is 5.12. The van der Waals surface area contributed by atoms with Crippen LogP contribution in [0.1, 0.15) is 26.3 Å². The predicted molar refractivity (Wildman–Crippen MR) is 66.0 cm³/mol. The summed E-state index contributed by atoms with van der Waals surface area (Å²) in [6.45, 7) is 5.05. The summed E-state index contributed by atoms with van der Waals surface area (Å²) < 4.78 is 18.6. The third-order valence-corrected chi connectivity index (χ3v) is 2.07. The second kappa shape index (κ2) is 5.23. The number of hydrogen-bond acceptors (Lipinski definition) is 3. The molecule has 0 saturated heterocycles. The number of carbonyl (C=O) groups excluding carboxylic acids is 1. The quantitative estimate of drug-likeness (QED) is 0.846. The molecule has 1 N–H and O–H groups in total. The van der Waals surface area contributed by atoms with Crippen molar-refractivity contribution in [1.82, 2.24) is 0 Å². The fourth-order valence-corrected chi connectivity index (χ4v) is 1.38. The van der Waals surface area contributed by atoms with E-state index in [1.54, 1.807) is 20.8 Å². The summed E-state index contributed by atoms with van der Waals surface area (Å²) in [5.41, 5.74) is -0.738. The van der Waals surface area contributed by atoms with Crippen molar-refractivity contribution in [2.24, 2.45) is 0 Å². The molecule has 4 nitrogen and oxygen atoms in total.